The quantitative estimate of drug-likeness (QED) is 0.817. The largest absolute Gasteiger partial charge is 0.329 e. The first-order chi connectivity index (χ1) is 8.57. The van der Waals surface area contributed by atoms with E-state index in [1.54, 1.807) is 0 Å². The van der Waals surface area contributed by atoms with Gasteiger partial charge >= 0.3 is 0 Å². The van der Waals surface area contributed by atoms with Crippen LogP contribution in [0.25, 0.3) is 0 Å². The van der Waals surface area contributed by atoms with Gasteiger partial charge in [-0.3, -0.25) is 4.90 Å². The Labute approximate surface area is 116 Å². The molecule has 0 aromatic heterocycles. The SMILES string of the molecule is CCCC(CC)(CN)N(C)Cc1cccc(Cl)c1. The summed E-state index contributed by atoms with van der Waals surface area (Å²) in [5.74, 6) is 0. The summed E-state index contributed by atoms with van der Waals surface area (Å²) in [5.41, 5.74) is 7.37. The third-order valence-corrected chi connectivity index (χ3v) is 4.11. The zero-order valence-electron chi connectivity index (χ0n) is 11.7. The van der Waals surface area contributed by atoms with Crippen LogP contribution in [-0.4, -0.2) is 24.0 Å². The summed E-state index contributed by atoms with van der Waals surface area (Å²) in [5, 5.41) is 0.797. The number of hydrogen-bond acceptors (Lipinski definition) is 2. The van der Waals surface area contributed by atoms with E-state index in [1.807, 2.05) is 18.2 Å². The zero-order valence-corrected chi connectivity index (χ0v) is 12.5. The van der Waals surface area contributed by atoms with E-state index in [0.29, 0.717) is 6.54 Å². The average molecular weight is 269 g/mol. The van der Waals surface area contributed by atoms with Crippen LogP contribution in [0.4, 0.5) is 0 Å². The Morgan fingerprint density at radius 2 is 2.06 bits per heavy atom. The van der Waals surface area contributed by atoms with E-state index in [-0.39, 0.29) is 5.54 Å². The van der Waals surface area contributed by atoms with E-state index in [9.17, 15) is 0 Å². The van der Waals surface area contributed by atoms with Gasteiger partial charge in [0.25, 0.3) is 0 Å². The molecule has 0 aliphatic heterocycles. The molecule has 0 heterocycles. The first-order valence-electron chi connectivity index (χ1n) is 6.73. The van der Waals surface area contributed by atoms with E-state index in [4.69, 9.17) is 17.3 Å². The number of halogens is 1. The molecule has 0 amide bonds. The highest BCUT2D eigenvalue weighted by atomic mass is 35.5. The molecule has 102 valence electrons. The Bertz CT molecular complexity index is 361. The van der Waals surface area contributed by atoms with Crippen LogP contribution in [0.1, 0.15) is 38.7 Å². The van der Waals surface area contributed by atoms with Crippen molar-refractivity contribution in [2.45, 2.75) is 45.2 Å². The van der Waals surface area contributed by atoms with Crippen LogP contribution in [0, 0.1) is 0 Å². The van der Waals surface area contributed by atoms with Crippen LogP contribution < -0.4 is 5.73 Å². The second-order valence-corrected chi connectivity index (χ2v) is 5.45. The summed E-state index contributed by atoms with van der Waals surface area (Å²) >= 11 is 6.03. The van der Waals surface area contributed by atoms with Crippen LogP contribution in [0.15, 0.2) is 24.3 Å². The molecule has 0 radical (unpaired) electrons. The molecule has 0 aliphatic rings. The van der Waals surface area contributed by atoms with Crippen molar-refractivity contribution in [3.8, 4) is 0 Å². The topological polar surface area (TPSA) is 29.3 Å². The number of benzene rings is 1. The van der Waals surface area contributed by atoms with Crippen molar-refractivity contribution in [3.63, 3.8) is 0 Å². The molecule has 18 heavy (non-hydrogen) atoms. The predicted octanol–water partition coefficient (Wildman–Crippen LogP) is 3.68. The minimum absolute atomic E-state index is 0.108. The number of nitrogens with zero attached hydrogens (tertiary/aromatic N) is 1. The molecule has 2 N–H and O–H groups in total. The van der Waals surface area contributed by atoms with E-state index in [0.717, 1.165) is 30.8 Å². The van der Waals surface area contributed by atoms with Crippen molar-refractivity contribution in [2.24, 2.45) is 5.73 Å². The van der Waals surface area contributed by atoms with Crippen molar-refractivity contribution >= 4 is 11.6 Å². The second kappa shape index (κ2) is 7.13. The van der Waals surface area contributed by atoms with Gasteiger partial charge in [0.05, 0.1) is 0 Å². The molecular weight excluding hydrogens is 244 g/mol. The molecule has 0 fully saturated rings. The molecule has 1 unspecified atom stereocenters. The van der Waals surface area contributed by atoms with Crippen LogP contribution in [0.3, 0.4) is 0 Å². The van der Waals surface area contributed by atoms with Gasteiger partial charge in [-0.1, -0.05) is 44.0 Å². The van der Waals surface area contributed by atoms with Gasteiger partial charge in [0.15, 0.2) is 0 Å². The van der Waals surface area contributed by atoms with Gasteiger partial charge in [-0.05, 0) is 37.6 Å². The van der Waals surface area contributed by atoms with Gasteiger partial charge in [0.1, 0.15) is 0 Å². The molecule has 1 atom stereocenters. The molecule has 0 spiro atoms. The highest BCUT2D eigenvalue weighted by Gasteiger charge is 2.30. The number of hydrogen-bond donors (Lipinski definition) is 1. The van der Waals surface area contributed by atoms with Gasteiger partial charge in [-0.2, -0.15) is 0 Å². The van der Waals surface area contributed by atoms with Gasteiger partial charge in [0, 0.05) is 23.7 Å². The minimum Gasteiger partial charge on any atom is -0.329 e. The third-order valence-electron chi connectivity index (χ3n) is 3.87. The van der Waals surface area contributed by atoms with Gasteiger partial charge in [-0.15, -0.1) is 0 Å². The summed E-state index contributed by atoms with van der Waals surface area (Å²) in [4.78, 5) is 2.38. The molecule has 2 nitrogen and oxygen atoms in total. The average Bonchev–Trinajstić information content (AvgIpc) is 2.36. The molecule has 1 aromatic carbocycles. The normalized spacial score (nSPS) is 14.8. The van der Waals surface area contributed by atoms with Gasteiger partial charge < -0.3 is 5.73 Å². The van der Waals surface area contributed by atoms with Crippen molar-refractivity contribution in [1.29, 1.82) is 0 Å². The highest BCUT2D eigenvalue weighted by Crippen LogP contribution is 2.25. The van der Waals surface area contributed by atoms with Crippen LogP contribution >= 0.6 is 11.6 Å². The van der Waals surface area contributed by atoms with E-state index < -0.39 is 0 Å². The van der Waals surface area contributed by atoms with Crippen LogP contribution in [-0.2, 0) is 6.54 Å². The Balaban J connectivity index is 2.81. The lowest BCUT2D eigenvalue weighted by Gasteiger charge is -2.41. The lowest BCUT2D eigenvalue weighted by atomic mass is 9.88. The lowest BCUT2D eigenvalue weighted by Crippen LogP contribution is -2.51. The molecule has 1 rings (SSSR count). The van der Waals surface area contributed by atoms with Crippen molar-refractivity contribution in [1.82, 2.24) is 4.90 Å². The maximum Gasteiger partial charge on any atom is 0.0409 e. The molecule has 0 bridgehead atoms. The fourth-order valence-electron chi connectivity index (χ4n) is 2.58. The smallest absolute Gasteiger partial charge is 0.0409 e. The molecule has 3 heteroatoms. The van der Waals surface area contributed by atoms with Crippen LogP contribution in [0.5, 0.6) is 0 Å². The monoisotopic (exact) mass is 268 g/mol. The summed E-state index contributed by atoms with van der Waals surface area (Å²) in [6, 6.07) is 8.06. The van der Waals surface area contributed by atoms with Gasteiger partial charge in [0.2, 0.25) is 0 Å². The third kappa shape index (κ3) is 3.71. The highest BCUT2D eigenvalue weighted by molar-refractivity contribution is 6.30. The number of likely N-dealkylation sites (N-methyl/N-ethyl adjacent to an activating group) is 1. The van der Waals surface area contributed by atoms with E-state index in [2.05, 4.69) is 31.9 Å². The van der Waals surface area contributed by atoms with Crippen molar-refractivity contribution < 1.29 is 0 Å². The summed E-state index contributed by atoms with van der Waals surface area (Å²) in [6.45, 7) is 6.03. The first-order valence-corrected chi connectivity index (χ1v) is 7.11. The Kier molecular flexibility index (Phi) is 6.13. The van der Waals surface area contributed by atoms with Crippen molar-refractivity contribution in [2.75, 3.05) is 13.6 Å². The number of rotatable bonds is 7. The second-order valence-electron chi connectivity index (χ2n) is 5.02. The summed E-state index contributed by atoms with van der Waals surface area (Å²) in [6.07, 6.45) is 3.37. The number of nitrogens with two attached hydrogens (primary N) is 1. The van der Waals surface area contributed by atoms with Gasteiger partial charge in [-0.25, -0.2) is 0 Å². The zero-order chi connectivity index (χ0) is 13.6. The minimum atomic E-state index is 0.108. The maximum atomic E-state index is 6.03. The fourth-order valence-corrected chi connectivity index (χ4v) is 2.79. The summed E-state index contributed by atoms with van der Waals surface area (Å²) < 4.78 is 0. The van der Waals surface area contributed by atoms with E-state index in [1.165, 1.54) is 5.56 Å². The molecule has 0 saturated heterocycles. The maximum absolute atomic E-state index is 6.03. The van der Waals surface area contributed by atoms with E-state index >= 15 is 0 Å². The standard InChI is InChI=1S/C15H25ClN2/c1-4-9-15(5-2,12-17)18(3)11-13-7-6-8-14(16)10-13/h6-8,10H,4-5,9,11-12,17H2,1-3H3. The Hall–Kier alpha value is -0.570. The molecule has 0 aliphatic carbocycles. The first kappa shape index (κ1) is 15.5. The summed E-state index contributed by atoms with van der Waals surface area (Å²) in [7, 11) is 2.16. The Morgan fingerprint density at radius 3 is 2.56 bits per heavy atom. The molecular formula is C15H25ClN2. The lowest BCUT2D eigenvalue weighted by molar-refractivity contribution is 0.102. The Morgan fingerprint density at radius 1 is 1.33 bits per heavy atom. The molecule has 1 aromatic rings. The van der Waals surface area contributed by atoms with Crippen molar-refractivity contribution in [3.05, 3.63) is 34.9 Å². The predicted molar refractivity (Wildman–Crippen MR) is 79.9 cm³/mol. The van der Waals surface area contributed by atoms with Crippen LogP contribution in [0.2, 0.25) is 5.02 Å². The fraction of sp³-hybridized carbons (Fsp3) is 0.600. The molecule has 0 saturated carbocycles.